The van der Waals surface area contributed by atoms with Crippen LogP contribution in [0.4, 0.5) is 5.69 Å². The first-order valence-electron chi connectivity index (χ1n) is 7.64. The van der Waals surface area contributed by atoms with Gasteiger partial charge < -0.3 is 5.32 Å². The summed E-state index contributed by atoms with van der Waals surface area (Å²) >= 11 is 1.61. The van der Waals surface area contributed by atoms with Crippen molar-refractivity contribution in [2.24, 2.45) is 0 Å². The van der Waals surface area contributed by atoms with Gasteiger partial charge in [0.15, 0.2) is 0 Å². The zero-order valence-electron chi connectivity index (χ0n) is 13.0. The number of hydrogen-bond acceptors (Lipinski definition) is 3. The van der Waals surface area contributed by atoms with Crippen molar-refractivity contribution in [3.63, 3.8) is 0 Å². The molecule has 0 atom stereocenters. The summed E-state index contributed by atoms with van der Waals surface area (Å²) in [6.45, 7) is 0. The predicted molar refractivity (Wildman–Crippen MR) is 97.9 cm³/mol. The smallest absolute Gasteiger partial charge is 0.224 e. The average molecular weight is 332 g/mol. The molecule has 2 heterocycles. The lowest BCUT2D eigenvalue weighted by molar-refractivity contribution is -0.116. The van der Waals surface area contributed by atoms with Crippen molar-refractivity contribution in [1.82, 2.24) is 4.98 Å². The van der Waals surface area contributed by atoms with E-state index in [1.54, 1.807) is 23.7 Å². The van der Waals surface area contributed by atoms with Gasteiger partial charge in [-0.1, -0.05) is 30.0 Å². The number of carbonyl (C=O) groups excluding carboxylic acids is 1. The van der Waals surface area contributed by atoms with Crippen LogP contribution in [0.3, 0.4) is 0 Å². The molecule has 0 saturated carbocycles. The van der Waals surface area contributed by atoms with Crippen molar-refractivity contribution in [2.75, 3.05) is 5.32 Å². The largest absolute Gasteiger partial charge is 0.326 e. The summed E-state index contributed by atoms with van der Waals surface area (Å²) in [6.07, 6.45) is 4.62. The minimum atomic E-state index is -0.0118. The van der Waals surface area contributed by atoms with Gasteiger partial charge in [-0.3, -0.25) is 9.78 Å². The number of aryl methyl sites for hydroxylation is 1. The lowest BCUT2D eigenvalue weighted by Crippen LogP contribution is -2.12. The van der Waals surface area contributed by atoms with E-state index < -0.39 is 0 Å². The molecule has 0 bridgehead atoms. The molecule has 118 valence electrons. The van der Waals surface area contributed by atoms with Gasteiger partial charge in [0.05, 0.1) is 4.88 Å². The third-order valence-corrected chi connectivity index (χ3v) is 4.15. The monoisotopic (exact) mass is 332 g/mol. The summed E-state index contributed by atoms with van der Waals surface area (Å²) in [5.41, 5.74) is 2.71. The van der Waals surface area contributed by atoms with Crippen LogP contribution in [0.15, 0.2) is 66.3 Å². The molecule has 0 unspecified atom stereocenters. The quantitative estimate of drug-likeness (QED) is 0.731. The van der Waals surface area contributed by atoms with Gasteiger partial charge in [-0.25, -0.2) is 0 Å². The second kappa shape index (κ2) is 8.09. The van der Waals surface area contributed by atoms with E-state index in [2.05, 4.69) is 22.1 Å². The van der Waals surface area contributed by atoms with Gasteiger partial charge in [0.1, 0.15) is 0 Å². The summed E-state index contributed by atoms with van der Waals surface area (Å²) in [7, 11) is 0. The molecule has 3 nitrogen and oxygen atoms in total. The Morgan fingerprint density at radius 3 is 2.88 bits per heavy atom. The number of pyridine rings is 1. The summed E-state index contributed by atoms with van der Waals surface area (Å²) in [4.78, 5) is 17.2. The fraction of sp³-hybridized carbons (Fsp3) is 0.100. The topological polar surface area (TPSA) is 42.0 Å². The van der Waals surface area contributed by atoms with Crippen LogP contribution in [-0.4, -0.2) is 10.9 Å². The molecular weight excluding hydrogens is 316 g/mol. The Kier molecular flexibility index (Phi) is 5.39. The Morgan fingerprint density at radius 1 is 1.12 bits per heavy atom. The van der Waals surface area contributed by atoms with Crippen LogP contribution >= 0.6 is 11.3 Å². The maximum Gasteiger partial charge on any atom is 0.224 e. The van der Waals surface area contributed by atoms with E-state index in [1.807, 2.05) is 53.9 Å². The van der Waals surface area contributed by atoms with Crippen LogP contribution in [0.25, 0.3) is 0 Å². The van der Waals surface area contributed by atoms with Gasteiger partial charge in [0, 0.05) is 30.1 Å². The highest BCUT2D eigenvalue weighted by atomic mass is 32.1. The molecule has 4 heteroatoms. The normalized spacial score (nSPS) is 9.83. The maximum atomic E-state index is 12.1. The van der Waals surface area contributed by atoms with Crippen LogP contribution in [0, 0.1) is 11.8 Å². The third kappa shape index (κ3) is 4.80. The Labute approximate surface area is 145 Å². The molecule has 3 aromatic rings. The SMILES string of the molecule is O=C(CCc1cccnc1)Nc1cccc(C#Cc2cccs2)c1. The molecule has 0 fully saturated rings. The first kappa shape index (κ1) is 16.0. The van der Waals surface area contributed by atoms with E-state index >= 15 is 0 Å². The number of thiophene rings is 1. The van der Waals surface area contributed by atoms with Gasteiger partial charge in [0.25, 0.3) is 0 Å². The highest BCUT2D eigenvalue weighted by Gasteiger charge is 2.03. The van der Waals surface area contributed by atoms with Crippen molar-refractivity contribution in [1.29, 1.82) is 0 Å². The lowest BCUT2D eigenvalue weighted by atomic mass is 10.1. The van der Waals surface area contributed by atoms with Gasteiger partial charge in [0.2, 0.25) is 5.91 Å². The highest BCUT2D eigenvalue weighted by molar-refractivity contribution is 7.10. The molecule has 3 rings (SSSR count). The summed E-state index contributed by atoms with van der Waals surface area (Å²) in [5, 5.41) is 4.92. The first-order valence-corrected chi connectivity index (χ1v) is 8.52. The molecule has 1 aromatic carbocycles. The molecule has 0 saturated heterocycles. The summed E-state index contributed by atoms with van der Waals surface area (Å²) < 4.78 is 0. The molecule has 0 radical (unpaired) electrons. The number of amides is 1. The molecular formula is C20H16N2OS. The number of aromatic nitrogens is 1. The second-order valence-electron chi connectivity index (χ2n) is 5.22. The van der Waals surface area contributed by atoms with E-state index in [9.17, 15) is 4.79 Å². The minimum absolute atomic E-state index is 0.0118. The molecule has 0 aliphatic heterocycles. The predicted octanol–water partition coefficient (Wildman–Crippen LogP) is 4.11. The van der Waals surface area contributed by atoms with Crippen molar-refractivity contribution < 1.29 is 4.79 Å². The van der Waals surface area contributed by atoms with Crippen LogP contribution in [-0.2, 0) is 11.2 Å². The van der Waals surface area contributed by atoms with Crippen molar-refractivity contribution in [2.45, 2.75) is 12.8 Å². The fourth-order valence-corrected chi connectivity index (χ4v) is 2.76. The average Bonchev–Trinajstić information content (AvgIpc) is 3.13. The van der Waals surface area contributed by atoms with Crippen LogP contribution in [0.2, 0.25) is 0 Å². The molecule has 0 spiro atoms. The molecule has 1 N–H and O–H groups in total. The van der Waals surface area contributed by atoms with Gasteiger partial charge in [-0.15, -0.1) is 11.3 Å². The first-order chi connectivity index (χ1) is 11.8. The van der Waals surface area contributed by atoms with Crippen molar-refractivity contribution >= 4 is 22.9 Å². The maximum absolute atomic E-state index is 12.1. The van der Waals surface area contributed by atoms with Crippen LogP contribution in [0.1, 0.15) is 22.4 Å². The van der Waals surface area contributed by atoms with E-state index in [1.165, 1.54) is 0 Å². The summed E-state index contributed by atoms with van der Waals surface area (Å²) in [5.74, 6) is 6.22. The Bertz CT molecular complexity index is 861. The fourth-order valence-electron chi connectivity index (χ4n) is 2.19. The third-order valence-electron chi connectivity index (χ3n) is 3.36. The lowest BCUT2D eigenvalue weighted by Gasteiger charge is -2.05. The molecule has 0 aliphatic rings. The standard InChI is InChI=1S/C20H16N2OS/c23-20(11-9-17-5-2-12-21-15-17)22-18-6-1-4-16(14-18)8-10-19-7-3-13-24-19/h1-7,12-15H,9,11H2,(H,22,23). The molecule has 1 amide bonds. The molecule has 2 aromatic heterocycles. The van der Waals surface area contributed by atoms with Gasteiger partial charge in [-0.2, -0.15) is 0 Å². The van der Waals surface area contributed by atoms with Gasteiger partial charge in [-0.05, 0) is 47.7 Å². The minimum Gasteiger partial charge on any atom is -0.326 e. The van der Waals surface area contributed by atoms with E-state index in [-0.39, 0.29) is 5.91 Å². The number of hydrogen-bond donors (Lipinski definition) is 1. The number of benzene rings is 1. The molecule has 0 aliphatic carbocycles. The zero-order valence-corrected chi connectivity index (χ0v) is 13.8. The number of carbonyl (C=O) groups is 1. The van der Waals surface area contributed by atoms with Crippen molar-refractivity contribution in [3.8, 4) is 11.8 Å². The van der Waals surface area contributed by atoms with E-state index in [4.69, 9.17) is 0 Å². The second-order valence-corrected chi connectivity index (χ2v) is 6.17. The summed E-state index contributed by atoms with van der Waals surface area (Å²) in [6, 6.07) is 15.4. The van der Waals surface area contributed by atoms with E-state index in [0.717, 1.165) is 21.7 Å². The Hall–Kier alpha value is -2.90. The number of anilines is 1. The number of nitrogens with zero attached hydrogens (tertiary/aromatic N) is 1. The van der Waals surface area contributed by atoms with Gasteiger partial charge >= 0.3 is 0 Å². The highest BCUT2D eigenvalue weighted by Crippen LogP contribution is 2.12. The van der Waals surface area contributed by atoms with E-state index in [0.29, 0.717) is 12.8 Å². The molecule has 24 heavy (non-hydrogen) atoms. The van der Waals surface area contributed by atoms with Crippen LogP contribution < -0.4 is 5.32 Å². The zero-order chi connectivity index (χ0) is 16.6. The Balaban J connectivity index is 1.59. The number of rotatable bonds is 4. The Morgan fingerprint density at radius 2 is 2.08 bits per heavy atom. The van der Waals surface area contributed by atoms with Crippen molar-refractivity contribution in [3.05, 3.63) is 82.3 Å². The number of nitrogens with one attached hydrogen (secondary N) is 1. The van der Waals surface area contributed by atoms with Crippen LogP contribution in [0.5, 0.6) is 0 Å².